The van der Waals surface area contributed by atoms with Gasteiger partial charge in [0, 0.05) is 49.2 Å². The average molecular weight is 1960 g/mol. The topological polar surface area (TPSA) is 294 Å². The van der Waals surface area contributed by atoms with Gasteiger partial charge in [0.1, 0.15) is 74.0 Å². The molecule has 9 unspecified atom stereocenters. The van der Waals surface area contributed by atoms with Gasteiger partial charge < -0.3 is 72.2 Å². The highest BCUT2D eigenvalue weighted by atomic mass is 16.6. The fourth-order valence-electron chi connectivity index (χ4n) is 33.2. The van der Waals surface area contributed by atoms with Gasteiger partial charge >= 0.3 is 17.9 Å². The molecule has 6 aliphatic heterocycles. The van der Waals surface area contributed by atoms with E-state index < -0.39 is 106 Å². The predicted octanol–water partition coefficient (Wildman–Crippen LogP) is 30.3. The summed E-state index contributed by atoms with van der Waals surface area (Å²) in [6.45, 7) is 60.4. The van der Waals surface area contributed by atoms with Gasteiger partial charge in [-0.2, -0.15) is 15.8 Å². The number of rotatable bonds is 15. The summed E-state index contributed by atoms with van der Waals surface area (Å²) >= 11 is 0. The minimum absolute atomic E-state index is 0.0451. The third-order valence-corrected chi connectivity index (χ3v) is 40.7. The number of nitrogens with zero attached hydrogens (tertiary/aromatic N) is 3. The molecule has 8 aliphatic carbocycles. The number of aromatic carboxylic acids is 3. The molecule has 3 N–H and O–H groups in total. The van der Waals surface area contributed by atoms with Crippen LogP contribution in [0.25, 0.3) is 0 Å². The molecule has 9 aromatic rings. The first-order valence-corrected chi connectivity index (χ1v) is 53.3. The lowest BCUT2D eigenvalue weighted by Crippen LogP contribution is -2.66. The van der Waals surface area contributed by atoms with E-state index in [0.717, 1.165) is 92.8 Å². The van der Waals surface area contributed by atoms with Crippen LogP contribution in [0.1, 0.15) is 457 Å². The monoisotopic (exact) mass is 1950 g/mol. The van der Waals surface area contributed by atoms with Gasteiger partial charge in [0.2, 0.25) is 0 Å². The summed E-state index contributed by atoms with van der Waals surface area (Å²) in [5.41, 5.74) is 1.91. The first kappa shape index (κ1) is 95.9. The van der Waals surface area contributed by atoms with Gasteiger partial charge in [0.05, 0.1) is 0 Å². The van der Waals surface area contributed by atoms with Gasteiger partial charge in [0.15, 0.2) is 115 Å². The van der Waals surface area contributed by atoms with Crippen LogP contribution >= 0.6 is 0 Å². The van der Waals surface area contributed by atoms with E-state index in [0.29, 0.717) is 132 Å². The number of nitriles is 3. The zero-order valence-corrected chi connectivity index (χ0v) is 89.5. The second-order valence-electron chi connectivity index (χ2n) is 49.7. The van der Waals surface area contributed by atoms with Crippen LogP contribution in [0.15, 0.2) is 72.8 Å². The Morgan fingerprint density at radius 1 is 0.262 bits per heavy atom. The molecule has 0 fully saturated rings. The van der Waals surface area contributed by atoms with Crippen molar-refractivity contribution in [2.24, 2.45) is 0 Å². The molecule has 0 saturated carbocycles. The molecule has 0 bridgehead atoms. The van der Waals surface area contributed by atoms with Crippen LogP contribution in [0.3, 0.4) is 0 Å². The van der Waals surface area contributed by atoms with Gasteiger partial charge in [-0.25, -0.2) is 14.4 Å². The molecule has 145 heavy (non-hydrogen) atoms. The van der Waals surface area contributed by atoms with Crippen molar-refractivity contribution in [3.05, 3.63) is 206 Å². The summed E-state index contributed by atoms with van der Waals surface area (Å²) < 4.78 is 89.3. The summed E-state index contributed by atoms with van der Waals surface area (Å²) in [7, 11) is 0. The quantitative estimate of drug-likeness (QED) is 0.0859. The van der Waals surface area contributed by atoms with Crippen LogP contribution in [-0.4, -0.2) is 50.0 Å². The van der Waals surface area contributed by atoms with Crippen LogP contribution in [0, 0.1) is 34.0 Å². The minimum atomic E-state index is -1.46. The molecule has 9 aromatic carbocycles. The van der Waals surface area contributed by atoms with Crippen LogP contribution in [0.5, 0.6) is 103 Å². The molecule has 21 heteroatoms. The fourth-order valence-corrected chi connectivity index (χ4v) is 33.2. The predicted molar refractivity (Wildman–Crippen MR) is 550 cm³/mol. The van der Waals surface area contributed by atoms with Crippen molar-refractivity contribution in [3.63, 3.8) is 0 Å². The lowest BCUT2D eigenvalue weighted by atomic mass is 9.44. The molecule has 0 saturated heterocycles. The van der Waals surface area contributed by atoms with E-state index in [4.69, 9.17) is 56.8 Å². The number of hydrogen-bond acceptors (Lipinski definition) is 18. The van der Waals surface area contributed by atoms with E-state index in [1.165, 1.54) is 11.1 Å². The molecule has 9 atom stereocenters. The Morgan fingerprint density at radius 2 is 0.510 bits per heavy atom. The van der Waals surface area contributed by atoms with Gasteiger partial charge in [-0.05, 0) is 318 Å². The average Bonchev–Trinajstić information content (AvgIpc) is 1.25. The third-order valence-electron chi connectivity index (χ3n) is 40.7. The molecule has 21 nitrogen and oxygen atoms in total. The Bertz CT molecular complexity index is 7590. The number of carboxylic acid groups (broad SMARTS) is 3. The van der Waals surface area contributed by atoms with Gasteiger partial charge in [-0.1, -0.05) is 180 Å². The van der Waals surface area contributed by atoms with Crippen LogP contribution in [-0.2, 0) is 81.8 Å². The molecule has 6 heterocycles. The maximum atomic E-state index is 15.3. The second kappa shape index (κ2) is 29.5. The number of ether oxygens (including phenoxy) is 12. The van der Waals surface area contributed by atoms with Crippen LogP contribution in [0.4, 0.5) is 0 Å². The molecule has 3 spiro atoms. The Kier molecular flexibility index (Phi) is 19.5. The number of benzene rings is 9. The highest BCUT2D eigenvalue weighted by Crippen LogP contribution is 2.78. The molecule has 23 rings (SSSR count). The Hall–Kier alpha value is -12.5. The number of hydrogen-bond donors (Lipinski definition) is 3. The molecule has 0 aromatic heterocycles. The minimum Gasteiger partial charge on any atom is -0.480 e. The van der Waals surface area contributed by atoms with Crippen molar-refractivity contribution in [2.75, 3.05) is 0 Å². The number of fused-ring (bicyclic) bond motifs is 26. The molecular weight excluding hydrogens is 1820 g/mol. The molecule has 14 aliphatic rings. The standard InChI is InChI=1S/C124H135N3O18/c1-29-113(25)95-89(104(128)129)102-103(90(105(130)131)96(95)114(113,26)30-2)139-82-49-73-67(43-79(82)138-102)109(17,18)57-118(73)60-111(21,22)69-45-85-86(51-75(69)118)142-121(35-7,36-8)93-63(54-126)100-101(91(106(132)133)97(93)122(37-9,38-10)143-85)137-81-48-72-66(42-78(81)136-100)108(15,16)58-119(72)61-112(23,24)70-46-88-87(52-76(70)119)144-123(39-11)94-64(55-127)99-98(62(53-125)92(94)120(33-5,34-6)124(123,40-12)145-88)135-80-47-71-65(41-77(80)134-99)107(13,14)56-117(71)59-110(19,20)68-44-83-84(50-74(68)117)141-116(28,32-4)115(27,31-3)140-83/h41-52H,29-40,56-61H2,1-28H3,(H,128,129)(H,130,131)(H,132,133). The van der Waals surface area contributed by atoms with Gasteiger partial charge in [-0.15, -0.1) is 0 Å². The van der Waals surface area contributed by atoms with E-state index in [9.17, 15) is 40.7 Å². The van der Waals surface area contributed by atoms with Crippen molar-refractivity contribution < 1.29 is 86.5 Å². The fraction of sp³-hybridized carbons (Fsp3) is 0.516. The largest absolute Gasteiger partial charge is 0.480 e. The van der Waals surface area contributed by atoms with Crippen molar-refractivity contribution in [2.45, 2.75) is 408 Å². The lowest BCUT2D eigenvalue weighted by molar-refractivity contribution is -0.178. The van der Waals surface area contributed by atoms with Crippen molar-refractivity contribution in [1.82, 2.24) is 0 Å². The number of carboxylic acids is 3. The summed E-state index contributed by atoms with van der Waals surface area (Å²) in [6, 6.07) is 33.5. The zero-order valence-electron chi connectivity index (χ0n) is 89.5. The number of carbonyl (C=O) groups is 3. The summed E-state index contributed by atoms with van der Waals surface area (Å²) in [5.74, 6) is 1.59. The highest BCUT2D eigenvalue weighted by molar-refractivity contribution is 6.05. The van der Waals surface area contributed by atoms with Crippen molar-refractivity contribution >= 4 is 17.9 Å². The Morgan fingerprint density at radius 3 is 0.793 bits per heavy atom. The highest BCUT2D eigenvalue weighted by Gasteiger charge is 2.77. The molecule has 0 radical (unpaired) electrons. The molecule has 0 amide bonds. The first-order chi connectivity index (χ1) is 68.2. The van der Waals surface area contributed by atoms with E-state index in [1.807, 2.05) is 79.7 Å². The first-order valence-electron chi connectivity index (χ1n) is 53.3. The Balaban J connectivity index is 0.620. The van der Waals surface area contributed by atoms with Crippen molar-refractivity contribution in [3.8, 4) is 122 Å². The zero-order chi connectivity index (χ0) is 104. The van der Waals surface area contributed by atoms with E-state index in [1.54, 1.807) is 0 Å². The lowest BCUT2D eigenvalue weighted by Gasteiger charge is -2.59. The van der Waals surface area contributed by atoms with Crippen LogP contribution < -0.4 is 56.8 Å². The smallest absolute Gasteiger partial charge is 0.340 e. The van der Waals surface area contributed by atoms with E-state index in [-0.39, 0.29) is 127 Å². The second-order valence-corrected chi connectivity index (χ2v) is 49.7. The van der Waals surface area contributed by atoms with Crippen LogP contribution in [0.2, 0.25) is 0 Å². The molecule has 754 valence electrons. The van der Waals surface area contributed by atoms with E-state index in [2.05, 4.69) is 205 Å². The maximum absolute atomic E-state index is 15.3. The van der Waals surface area contributed by atoms with E-state index >= 15 is 4.79 Å². The maximum Gasteiger partial charge on any atom is 0.340 e. The third kappa shape index (κ3) is 11.2. The summed E-state index contributed by atoms with van der Waals surface area (Å²) in [4.78, 5) is 42.9. The normalized spacial score (nSPS) is 28.2. The van der Waals surface area contributed by atoms with Gasteiger partial charge in [-0.3, -0.25) is 0 Å². The summed E-state index contributed by atoms with van der Waals surface area (Å²) in [6.07, 6.45) is 9.57. The summed E-state index contributed by atoms with van der Waals surface area (Å²) in [5, 5.41) is 71.9. The Labute approximate surface area is 851 Å². The molecular formula is C124H135N3O18. The SMILES string of the molecule is CCC1(CC)Oc2cc3c(cc2OC(CC)(CC)c2c(C(=O)O)c4c(c(C#N)c21)Oc1cc2c(cc1O4)C1(CC2(C)C)CC(C)(C)c2cc4c(cc21)OC1(CC)c2c(C#N)c5c(c(C#N)c2C(CC)(CC)C1(CC)O4)Oc1cc2c(cc1O5)C(C)(C)CC21CC(C)(C)c2cc4c(cc21)OC(C)(CC)C(C)(CC)O4)C(C)(C)CC31CC(C)(C)c2cc3c(cc21)Oc1c(c(C(=O)O)c2c(c1C(=O)O)C(C)(CC)C2(C)CC)O3. The van der Waals surface area contributed by atoms with Crippen molar-refractivity contribution in [1.29, 1.82) is 15.8 Å². The van der Waals surface area contributed by atoms with Gasteiger partial charge in [0.25, 0.3) is 0 Å².